The van der Waals surface area contributed by atoms with Gasteiger partial charge in [0.05, 0.1) is 5.69 Å². The first kappa shape index (κ1) is 12.7. The van der Waals surface area contributed by atoms with Crippen LogP contribution in [0.1, 0.15) is 32.3 Å². The Balaban J connectivity index is 1.88. The van der Waals surface area contributed by atoms with E-state index >= 15 is 0 Å². The zero-order valence-electron chi connectivity index (χ0n) is 11.5. The van der Waals surface area contributed by atoms with Gasteiger partial charge < -0.3 is 5.11 Å². The van der Waals surface area contributed by atoms with Crippen LogP contribution in [-0.2, 0) is 0 Å². The van der Waals surface area contributed by atoms with Gasteiger partial charge in [-0.3, -0.25) is 9.59 Å². The minimum absolute atomic E-state index is 0.0368. The number of hydrogen-bond acceptors (Lipinski definition) is 4. The lowest BCUT2D eigenvalue weighted by Gasteiger charge is -2.08. The number of benzene rings is 2. The fourth-order valence-electron chi connectivity index (χ4n) is 2.92. The van der Waals surface area contributed by atoms with Crippen molar-refractivity contribution in [3.63, 3.8) is 0 Å². The average molecular weight is 289 g/mol. The van der Waals surface area contributed by atoms with E-state index in [0.717, 1.165) is 5.39 Å². The molecular weight excluding hydrogens is 278 g/mol. The van der Waals surface area contributed by atoms with Crippen LogP contribution in [0.4, 0.5) is 0 Å². The molecule has 1 aliphatic rings. The van der Waals surface area contributed by atoms with E-state index in [9.17, 15) is 14.7 Å². The second-order valence-electron chi connectivity index (χ2n) is 5.29. The molecule has 0 saturated carbocycles. The standard InChI is InChI=1S/C18H11NO3/c20-14-7-3-4-10-8-9-13(19-16(10)14)15-17(21)11-5-1-2-6-12(11)18(15)22/h1-9,15,20H. The number of aromatic nitrogens is 1. The van der Waals surface area contributed by atoms with E-state index in [1.165, 1.54) is 6.07 Å². The molecule has 4 nitrogen and oxygen atoms in total. The molecule has 1 aromatic heterocycles. The summed E-state index contributed by atoms with van der Waals surface area (Å²) in [4.78, 5) is 29.4. The highest BCUT2D eigenvalue weighted by atomic mass is 16.3. The van der Waals surface area contributed by atoms with Gasteiger partial charge in [-0.05, 0) is 12.1 Å². The molecule has 0 radical (unpaired) electrons. The quantitative estimate of drug-likeness (QED) is 0.699. The van der Waals surface area contributed by atoms with Crippen molar-refractivity contribution in [3.8, 4) is 5.75 Å². The summed E-state index contributed by atoms with van der Waals surface area (Å²) < 4.78 is 0. The number of ketones is 2. The van der Waals surface area contributed by atoms with Gasteiger partial charge >= 0.3 is 0 Å². The highest BCUT2D eigenvalue weighted by molar-refractivity contribution is 6.29. The maximum atomic E-state index is 12.5. The molecule has 1 heterocycles. The van der Waals surface area contributed by atoms with Crippen LogP contribution in [0.15, 0.2) is 54.6 Å². The minimum atomic E-state index is -0.915. The summed E-state index contributed by atoms with van der Waals surface area (Å²) in [6, 6.07) is 15.3. The summed E-state index contributed by atoms with van der Waals surface area (Å²) >= 11 is 0. The van der Waals surface area contributed by atoms with Crippen molar-refractivity contribution in [1.82, 2.24) is 4.98 Å². The van der Waals surface area contributed by atoms with Crippen LogP contribution in [0.25, 0.3) is 10.9 Å². The molecule has 0 fully saturated rings. The largest absolute Gasteiger partial charge is 0.506 e. The fraction of sp³-hybridized carbons (Fsp3) is 0.0556. The average Bonchev–Trinajstić information content (AvgIpc) is 2.80. The first-order valence-corrected chi connectivity index (χ1v) is 6.93. The van der Waals surface area contributed by atoms with E-state index in [1.54, 1.807) is 42.5 Å². The molecular formula is C18H11NO3. The van der Waals surface area contributed by atoms with Crippen molar-refractivity contribution in [3.05, 3.63) is 71.4 Å². The Labute approximate surface area is 126 Å². The number of fused-ring (bicyclic) bond motifs is 2. The molecule has 0 amide bonds. The number of phenolic OH excluding ortho intramolecular Hbond substituents is 1. The lowest BCUT2D eigenvalue weighted by Crippen LogP contribution is -2.14. The van der Waals surface area contributed by atoms with Crippen molar-refractivity contribution >= 4 is 22.5 Å². The lowest BCUT2D eigenvalue weighted by molar-refractivity contribution is 0.0888. The molecule has 0 spiro atoms. The Hall–Kier alpha value is -3.01. The number of hydrogen-bond donors (Lipinski definition) is 1. The Kier molecular flexibility index (Phi) is 2.60. The van der Waals surface area contributed by atoms with Crippen LogP contribution in [0.2, 0.25) is 0 Å². The van der Waals surface area contributed by atoms with Crippen LogP contribution in [-0.4, -0.2) is 21.7 Å². The summed E-state index contributed by atoms with van der Waals surface area (Å²) in [6.07, 6.45) is 0. The molecule has 1 aliphatic carbocycles. The number of pyridine rings is 1. The van der Waals surface area contributed by atoms with Crippen LogP contribution < -0.4 is 0 Å². The van der Waals surface area contributed by atoms with E-state index in [0.29, 0.717) is 22.3 Å². The van der Waals surface area contributed by atoms with Gasteiger partial charge in [0.2, 0.25) is 0 Å². The summed E-state index contributed by atoms with van der Waals surface area (Å²) in [6.45, 7) is 0. The fourth-order valence-corrected chi connectivity index (χ4v) is 2.92. The van der Waals surface area contributed by atoms with E-state index in [1.807, 2.05) is 6.07 Å². The van der Waals surface area contributed by atoms with Gasteiger partial charge in [-0.1, -0.05) is 42.5 Å². The molecule has 1 N–H and O–H groups in total. The Morgan fingerprint density at radius 3 is 2.18 bits per heavy atom. The van der Waals surface area contributed by atoms with Crippen LogP contribution in [0.5, 0.6) is 5.75 Å². The number of carbonyl (C=O) groups excluding carboxylic acids is 2. The number of aromatic hydroxyl groups is 1. The number of rotatable bonds is 1. The number of para-hydroxylation sites is 1. The molecule has 0 saturated heterocycles. The number of Topliss-reactive ketones (excluding diaryl/α,β-unsaturated/α-hetero) is 2. The van der Waals surface area contributed by atoms with Gasteiger partial charge in [-0.2, -0.15) is 0 Å². The molecule has 0 atom stereocenters. The predicted octanol–water partition coefficient (Wildman–Crippen LogP) is 3.10. The summed E-state index contributed by atoms with van der Waals surface area (Å²) in [5.74, 6) is -1.35. The molecule has 4 rings (SSSR count). The molecule has 2 aromatic carbocycles. The lowest BCUT2D eigenvalue weighted by atomic mass is 9.98. The first-order chi connectivity index (χ1) is 10.7. The number of nitrogens with zero attached hydrogens (tertiary/aromatic N) is 1. The van der Waals surface area contributed by atoms with Crippen LogP contribution in [0.3, 0.4) is 0 Å². The smallest absolute Gasteiger partial charge is 0.180 e. The molecule has 22 heavy (non-hydrogen) atoms. The van der Waals surface area contributed by atoms with Crippen molar-refractivity contribution in [1.29, 1.82) is 0 Å². The minimum Gasteiger partial charge on any atom is -0.506 e. The van der Waals surface area contributed by atoms with Crippen LogP contribution in [0, 0.1) is 0 Å². The van der Waals surface area contributed by atoms with Gasteiger partial charge in [-0.25, -0.2) is 4.98 Å². The maximum Gasteiger partial charge on any atom is 0.180 e. The maximum absolute atomic E-state index is 12.5. The molecule has 0 unspecified atom stereocenters. The molecule has 0 bridgehead atoms. The van der Waals surface area contributed by atoms with Gasteiger partial charge in [-0.15, -0.1) is 0 Å². The van der Waals surface area contributed by atoms with Crippen LogP contribution >= 0.6 is 0 Å². The summed E-state index contributed by atoms with van der Waals surface area (Å²) in [5, 5.41) is 10.7. The molecule has 0 aliphatic heterocycles. The monoisotopic (exact) mass is 289 g/mol. The third-order valence-electron chi connectivity index (χ3n) is 4.00. The van der Waals surface area contributed by atoms with Crippen molar-refractivity contribution in [2.75, 3.05) is 0 Å². The third kappa shape index (κ3) is 1.67. The van der Waals surface area contributed by atoms with E-state index < -0.39 is 5.92 Å². The third-order valence-corrected chi connectivity index (χ3v) is 4.00. The number of carbonyl (C=O) groups is 2. The zero-order valence-corrected chi connectivity index (χ0v) is 11.5. The van der Waals surface area contributed by atoms with Gasteiger partial charge in [0.15, 0.2) is 11.6 Å². The zero-order chi connectivity index (χ0) is 15.3. The van der Waals surface area contributed by atoms with Crippen molar-refractivity contribution < 1.29 is 14.7 Å². The summed E-state index contributed by atoms with van der Waals surface area (Å²) in [7, 11) is 0. The van der Waals surface area contributed by atoms with Crippen molar-refractivity contribution in [2.45, 2.75) is 5.92 Å². The second kappa shape index (κ2) is 4.49. The normalized spacial score (nSPS) is 14.5. The van der Waals surface area contributed by atoms with Crippen molar-refractivity contribution in [2.24, 2.45) is 0 Å². The topological polar surface area (TPSA) is 67.3 Å². The predicted molar refractivity (Wildman–Crippen MR) is 81.3 cm³/mol. The molecule has 3 aromatic rings. The second-order valence-corrected chi connectivity index (χ2v) is 5.29. The Morgan fingerprint density at radius 2 is 1.50 bits per heavy atom. The van der Waals surface area contributed by atoms with E-state index in [-0.39, 0.29) is 17.3 Å². The Morgan fingerprint density at radius 1 is 0.818 bits per heavy atom. The van der Waals surface area contributed by atoms with Gasteiger partial charge in [0, 0.05) is 16.5 Å². The van der Waals surface area contributed by atoms with Gasteiger partial charge in [0.25, 0.3) is 0 Å². The van der Waals surface area contributed by atoms with E-state index in [4.69, 9.17) is 0 Å². The first-order valence-electron chi connectivity index (χ1n) is 6.93. The Bertz CT molecular complexity index is 911. The molecule has 4 heteroatoms. The summed E-state index contributed by atoms with van der Waals surface area (Å²) in [5.41, 5.74) is 1.66. The highest BCUT2D eigenvalue weighted by Gasteiger charge is 2.40. The molecule has 106 valence electrons. The van der Waals surface area contributed by atoms with E-state index in [2.05, 4.69) is 4.98 Å². The SMILES string of the molecule is O=C1c2ccccc2C(=O)C1c1ccc2cccc(O)c2n1. The highest BCUT2D eigenvalue weighted by Crippen LogP contribution is 2.34. The number of phenols is 1. The van der Waals surface area contributed by atoms with Gasteiger partial charge in [0.1, 0.15) is 17.2 Å².